The van der Waals surface area contributed by atoms with Gasteiger partial charge in [0.25, 0.3) is 0 Å². The Bertz CT molecular complexity index is 565. The minimum atomic E-state index is -0.789. The van der Waals surface area contributed by atoms with Gasteiger partial charge in [0.15, 0.2) is 0 Å². The van der Waals surface area contributed by atoms with Gasteiger partial charge in [-0.1, -0.05) is 12.1 Å². The quantitative estimate of drug-likeness (QED) is 0.882. The van der Waals surface area contributed by atoms with Gasteiger partial charge < -0.3 is 9.84 Å². The number of aromatic nitrogens is 1. The lowest BCUT2D eigenvalue weighted by Crippen LogP contribution is -1.98. The zero-order valence-electron chi connectivity index (χ0n) is 10.6. The van der Waals surface area contributed by atoms with Crippen LogP contribution in [0.15, 0.2) is 29.6 Å². The van der Waals surface area contributed by atoms with Crippen molar-refractivity contribution in [2.45, 2.75) is 19.3 Å². The smallest absolute Gasteiger partial charge is 0.303 e. The van der Waals surface area contributed by atoms with Gasteiger partial charge in [0.2, 0.25) is 0 Å². The minimum Gasteiger partial charge on any atom is -0.497 e. The molecule has 0 saturated carbocycles. The van der Waals surface area contributed by atoms with E-state index in [0.717, 1.165) is 28.4 Å². The normalized spacial score (nSPS) is 10.4. The van der Waals surface area contributed by atoms with E-state index in [-0.39, 0.29) is 6.42 Å². The average molecular weight is 277 g/mol. The van der Waals surface area contributed by atoms with E-state index in [4.69, 9.17) is 9.84 Å². The Hall–Kier alpha value is -1.88. The Morgan fingerprint density at radius 1 is 1.47 bits per heavy atom. The van der Waals surface area contributed by atoms with Crippen LogP contribution in [-0.4, -0.2) is 23.2 Å². The highest BCUT2D eigenvalue weighted by atomic mass is 32.1. The van der Waals surface area contributed by atoms with Crippen LogP contribution in [0.1, 0.15) is 22.7 Å². The average Bonchev–Trinajstić information content (AvgIpc) is 2.84. The van der Waals surface area contributed by atoms with Crippen LogP contribution in [0, 0.1) is 0 Å². The molecule has 1 N–H and O–H groups in total. The highest BCUT2D eigenvalue weighted by Gasteiger charge is 2.06. The summed E-state index contributed by atoms with van der Waals surface area (Å²) in [5.41, 5.74) is 1.99. The molecule has 5 heteroatoms. The van der Waals surface area contributed by atoms with Gasteiger partial charge in [-0.15, -0.1) is 11.3 Å². The molecule has 0 fully saturated rings. The molecule has 2 rings (SSSR count). The molecular formula is C14H15NO3S. The van der Waals surface area contributed by atoms with Crippen molar-refractivity contribution >= 4 is 17.3 Å². The van der Waals surface area contributed by atoms with Crippen LogP contribution in [0.4, 0.5) is 0 Å². The largest absolute Gasteiger partial charge is 0.497 e. The molecule has 1 aromatic carbocycles. The molecule has 2 aromatic rings. The third-order valence-electron chi connectivity index (χ3n) is 2.68. The molecular weight excluding hydrogens is 262 g/mol. The van der Waals surface area contributed by atoms with Crippen LogP contribution in [-0.2, 0) is 17.6 Å². The maximum atomic E-state index is 10.5. The molecule has 0 unspecified atom stereocenters. The summed E-state index contributed by atoms with van der Waals surface area (Å²) in [5.74, 6) is 0.0440. The van der Waals surface area contributed by atoms with E-state index in [1.54, 1.807) is 18.4 Å². The summed E-state index contributed by atoms with van der Waals surface area (Å²) in [6, 6.07) is 7.87. The monoisotopic (exact) mass is 277 g/mol. The third-order valence-corrected chi connectivity index (χ3v) is 3.58. The molecule has 1 aromatic heterocycles. The maximum absolute atomic E-state index is 10.5. The molecule has 19 heavy (non-hydrogen) atoms. The molecule has 1 heterocycles. The number of thiazole rings is 1. The van der Waals surface area contributed by atoms with Gasteiger partial charge in [0, 0.05) is 18.2 Å². The lowest BCUT2D eigenvalue weighted by atomic mass is 10.1. The van der Waals surface area contributed by atoms with E-state index in [9.17, 15) is 4.79 Å². The second-order valence-electron chi connectivity index (χ2n) is 4.15. The van der Waals surface area contributed by atoms with Crippen molar-refractivity contribution in [3.8, 4) is 5.75 Å². The fourth-order valence-corrected chi connectivity index (χ4v) is 2.60. The molecule has 0 bridgehead atoms. The van der Waals surface area contributed by atoms with Crippen molar-refractivity contribution in [2.24, 2.45) is 0 Å². The predicted molar refractivity (Wildman–Crippen MR) is 73.9 cm³/mol. The molecule has 0 aliphatic rings. The molecule has 0 aliphatic heterocycles. The van der Waals surface area contributed by atoms with Gasteiger partial charge in [-0.05, 0) is 17.7 Å². The number of carbonyl (C=O) groups is 1. The number of carboxylic acid groups (broad SMARTS) is 1. The second-order valence-corrected chi connectivity index (χ2v) is 5.10. The number of benzene rings is 1. The summed E-state index contributed by atoms with van der Waals surface area (Å²) < 4.78 is 5.18. The zero-order chi connectivity index (χ0) is 13.7. The first kappa shape index (κ1) is 13.5. The second kappa shape index (κ2) is 6.33. The van der Waals surface area contributed by atoms with E-state index >= 15 is 0 Å². The molecule has 100 valence electrons. The number of aryl methyl sites for hydroxylation is 1. The van der Waals surface area contributed by atoms with Gasteiger partial charge in [0.1, 0.15) is 5.75 Å². The number of methoxy groups -OCH3 is 1. The number of ether oxygens (including phenoxy) is 1. The van der Waals surface area contributed by atoms with Crippen molar-refractivity contribution in [2.75, 3.05) is 7.11 Å². The third kappa shape index (κ3) is 4.06. The number of hydrogen-bond donors (Lipinski definition) is 1. The van der Waals surface area contributed by atoms with E-state index in [2.05, 4.69) is 4.98 Å². The fourth-order valence-electron chi connectivity index (χ4n) is 1.74. The minimum absolute atomic E-state index is 0.127. The van der Waals surface area contributed by atoms with Crippen molar-refractivity contribution in [3.05, 3.63) is 45.9 Å². The van der Waals surface area contributed by atoms with Crippen LogP contribution in [0.25, 0.3) is 0 Å². The molecule has 0 spiro atoms. The summed E-state index contributed by atoms with van der Waals surface area (Å²) in [5, 5.41) is 11.6. The van der Waals surface area contributed by atoms with Crippen LogP contribution >= 0.6 is 11.3 Å². The van der Waals surface area contributed by atoms with E-state index in [0.29, 0.717) is 6.42 Å². The van der Waals surface area contributed by atoms with Crippen molar-refractivity contribution in [1.29, 1.82) is 0 Å². The molecule has 0 amide bonds. The lowest BCUT2D eigenvalue weighted by molar-refractivity contribution is -0.136. The Labute approximate surface area is 115 Å². The van der Waals surface area contributed by atoms with Gasteiger partial charge in [-0.2, -0.15) is 0 Å². The number of carboxylic acids is 1. The Morgan fingerprint density at radius 2 is 2.32 bits per heavy atom. The fraction of sp³-hybridized carbons (Fsp3) is 0.286. The van der Waals surface area contributed by atoms with Crippen molar-refractivity contribution < 1.29 is 14.6 Å². The van der Waals surface area contributed by atoms with Gasteiger partial charge in [-0.3, -0.25) is 4.79 Å². The maximum Gasteiger partial charge on any atom is 0.303 e. The van der Waals surface area contributed by atoms with E-state index in [1.807, 2.05) is 29.6 Å². The number of rotatable bonds is 6. The van der Waals surface area contributed by atoms with Crippen LogP contribution in [0.2, 0.25) is 0 Å². The first-order valence-electron chi connectivity index (χ1n) is 5.95. The molecule has 0 atom stereocenters. The molecule has 0 radical (unpaired) electrons. The summed E-state index contributed by atoms with van der Waals surface area (Å²) in [7, 11) is 1.65. The van der Waals surface area contributed by atoms with E-state index in [1.165, 1.54) is 0 Å². The molecule has 4 nitrogen and oxygen atoms in total. The SMILES string of the molecule is COc1cccc(Cc2nc(CCC(=O)O)cs2)c1. The van der Waals surface area contributed by atoms with Crippen LogP contribution < -0.4 is 4.74 Å². The molecule has 0 saturated heterocycles. The summed E-state index contributed by atoms with van der Waals surface area (Å²) in [4.78, 5) is 15.0. The van der Waals surface area contributed by atoms with E-state index < -0.39 is 5.97 Å². The highest BCUT2D eigenvalue weighted by molar-refractivity contribution is 7.09. The predicted octanol–water partition coefficient (Wildman–Crippen LogP) is 2.76. The van der Waals surface area contributed by atoms with Crippen molar-refractivity contribution in [3.63, 3.8) is 0 Å². The number of aliphatic carboxylic acids is 1. The number of hydrogen-bond acceptors (Lipinski definition) is 4. The standard InChI is InChI=1S/C14H15NO3S/c1-18-12-4-2-3-10(7-12)8-13-15-11(9-19-13)5-6-14(16)17/h2-4,7,9H,5-6,8H2,1H3,(H,16,17). The topological polar surface area (TPSA) is 59.4 Å². The highest BCUT2D eigenvalue weighted by Crippen LogP contribution is 2.19. The number of nitrogens with zero attached hydrogens (tertiary/aromatic N) is 1. The van der Waals surface area contributed by atoms with Gasteiger partial charge in [0.05, 0.1) is 24.2 Å². The summed E-state index contributed by atoms with van der Waals surface area (Å²) in [6.45, 7) is 0. The first-order chi connectivity index (χ1) is 9.17. The Kier molecular flexibility index (Phi) is 4.52. The Morgan fingerprint density at radius 3 is 3.05 bits per heavy atom. The van der Waals surface area contributed by atoms with Gasteiger partial charge in [-0.25, -0.2) is 4.98 Å². The zero-order valence-corrected chi connectivity index (χ0v) is 11.4. The molecule has 0 aliphatic carbocycles. The first-order valence-corrected chi connectivity index (χ1v) is 6.83. The summed E-state index contributed by atoms with van der Waals surface area (Å²) in [6.07, 6.45) is 1.36. The Balaban J connectivity index is 2.00. The lowest BCUT2D eigenvalue weighted by Gasteiger charge is -2.02. The van der Waals surface area contributed by atoms with Crippen LogP contribution in [0.5, 0.6) is 5.75 Å². The van der Waals surface area contributed by atoms with Crippen LogP contribution in [0.3, 0.4) is 0 Å². The van der Waals surface area contributed by atoms with Crippen molar-refractivity contribution in [1.82, 2.24) is 4.98 Å². The summed E-state index contributed by atoms with van der Waals surface area (Å²) >= 11 is 1.56. The van der Waals surface area contributed by atoms with Gasteiger partial charge >= 0.3 is 5.97 Å².